The van der Waals surface area contributed by atoms with Gasteiger partial charge in [0.2, 0.25) is 0 Å². The Morgan fingerprint density at radius 1 is 1.60 bits per heavy atom. The monoisotopic (exact) mass is 142 g/mol. The standard InChI is InChI=1S/C8H16NO/c1-8-4-3-5-9(8)6-7-10-2/h3-7H2,1-2H3/q+1. The molecule has 2 nitrogen and oxygen atoms in total. The van der Waals surface area contributed by atoms with Crippen LogP contribution in [-0.4, -0.2) is 37.1 Å². The normalized spacial score (nSPS) is 18.6. The SMILES string of the molecule is COCC[N+]1=C(C)CCC1. The first kappa shape index (κ1) is 7.73. The highest BCUT2D eigenvalue weighted by molar-refractivity contribution is 5.77. The molecule has 10 heavy (non-hydrogen) atoms. The number of ether oxygens (including phenoxy) is 1. The summed E-state index contributed by atoms with van der Waals surface area (Å²) in [5.41, 5.74) is 1.53. The van der Waals surface area contributed by atoms with Gasteiger partial charge in [-0.3, -0.25) is 0 Å². The summed E-state index contributed by atoms with van der Waals surface area (Å²) in [4.78, 5) is 0. The molecule has 0 spiro atoms. The Balaban J connectivity index is 2.31. The lowest BCUT2D eigenvalue weighted by molar-refractivity contribution is -0.522. The molecular formula is C8H16NO+. The maximum absolute atomic E-state index is 5.00. The number of hydrogen-bond acceptors (Lipinski definition) is 1. The Bertz CT molecular complexity index is 140. The second-order valence-electron chi connectivity index (χ2n) is 2.82. The summed E-state index contributed by atoms with van der Waals surface area (Å²) in [6.45, 7) is 5.37. The molecule has 1 aliphatic heterocycles. The molecule has 0 saturated carbocycles. The summed E-state index contributed by atoms with van der Waals surface area (Å²) in [5.74, 6) is 0. The van der Waals surface area contributed by atoms with Gasteiger partial charge in [-0.1, -0.05) is 0 Å². The first-order valence-corrected chi connectivity index (χ1v) is 3.91. The van der Waals surface area contributed by atoms with E-state index in [1.165, 1.54) is 25.1 Å². The van der Waals surface area contributed by atoms with Crippen molar-refractivity contribution >= 4 is 5.71 Å². The van der Waals surface area contributed by atoms with Gasteiger partial charge in [-0.15, -0.1) is 0 Å². The van der Waals surface area contributed by atoms with Crippen molar-refractivity contribution in [2.45, 2.75) is 19.8 Å². The van der Waals surface area contributed by atoms with Crippen LogP contribution in [-0.2, 0) is 4.74 Å². The van der Waals surface area contributed by atoms with E-state index >= 15 is 0 Å². The lowest BCUT2D eigenvalue weighted by Crippen LogP contribution is -2.18. The molecule has 0 aromatic heterocycles. The van der Waals surface area contributed by atoms with Crippen LogP contribution in [0.25, 0.3) is 0 Å². The fourth-order valence-electron chi connectivity index (χ4n) is 1.38. The van der Waals surface area contributed by atoms with E-state index in [1.54, 1.807) is 7.11 Å². The minimum Gasteiger partial charge on any atom is -0.378 e. The summed E-state index contributed by atoms with van der Waals surface area (Å²) in [5, 5.41) is 0. The third kappa shape index (κ3) is 1.81. The van der Waals surface area contributed by atoms with Crippen LogP contribution < -0.4 is 0 Å². The van der Waals surface area contributed by atoms with Gasteiger partial charge in [0.05, 0.1) is 0 Å². The van der Waals surface area contributed by atoms with Crippen LogP contribution in [0.5, 0.6) is 0 Å². The molecule has 0 fully saturated rings. The molecule has 58 valence electrons. The van der Waals surface area contributed by atoms with Gasteiger partial charge >= 0.3 is 0 Å². The van der Waals surface area contributed by atoms with Crippen molar-refractivity contribution in [2.75, 3.05) is 26.8 Å². The molecule has 0 bridgehead atoms. The lowest BCUT2D eigenvalue weighted by Gasteiger charge is -1.97. The van der Waals surface area contributed by atoms with Crippen LogP contribution in [0.2, 0.25) is 0 Å². The Morgan fingerprint density at radius 2 is 2.40 bits per heavy atom. The molecule has 0 radical (unpaired) electrons. The van der Waals surface area contributed by atoms with E-state index in [0.29, 0.717) is 0 Å². The highest BCUT2D eigenvalue weighted by atomic mass is 16.5. The van der Waals surface area contributed by atoms with Crippen LogP contribution >= 0.6 is 0 Å². The highest BCUT2D eigenvalue weighted by Gasteiger charge is 2.16. The highest BCUT2D eigenvalue weighted by Crippen LogP contribution is 2.02. The minimum atomic E-state index is 0.858. The lowest BCUT2D eigenvalue weighted by atomic mass is 10.3. The fraction of sp³-hybridized carbons (Fsp3) is 0.875. The largest absolute Gasteiger partial charge is 0.378 e. The summed E-state index contributed by atoms with van der Waals surface area (Å²) < 4.78 is 7.40. The predicted molar refractivity (Wildman–Crippen MR) is 41.8 cm³/mol. The van der Waals surface area contributed by atoms with Crippen molar-refractivity contribution in [3.05, 3.63) is 0 Å². The number of methoxy groups -OCH3 is 1. The number of hydrogen-bond donors (Lipinski definition) is 0. The number of nitrogens with zero attached hydrogens (tertiary/aromatic N) is 1. The quantitative estimate of drug-likeness (QED) is 0.533. The van der Waals surface area contributed by atoms with Crippen molar-refractivity contribution in [3.8, 4) is 0 Å². The third-order valence-corrected chi connectivity index (χ3v) is 2.07. The smallest absolute Gasteiger partial charge is 0.165 e. The van der Waals surface area contributed by atoms with E-state index in [4.69, 9.17) is 4.74 Å². The third-order valence-electron chi connectivity index (χ3n) is 2.07. The molecule has 0 N–H and O–H groups in total. The molecule has 2 heteroatoms. The molecule has 0 aromatic rings. The van der Waals surface area contributed by atoms with Crippen molar-refractivity contribution in [1.82, 2.24) is 0 Å². The molecular weight excluding hydrogens is 126 g/mol. The maximum Gasteiger partial charge on any atom is 0.165 e. The zero-order chi connectivity index (χ0) is 7.40. The van der Waals surface area contributed by atoms with Gasteiger partial charge in [0.15, 0.2) is 6.54 Å². The first-order chi connectivity index (χ1) is 4.84. The van der Waals surface area contributed by atoms with Crippen molar-refractivity contribution in [3.63, 3.8) is 0 Å². The zero-order valence-electron chi connectivity index (χ0n) is 6.89. The Morgan fingerprint density at radius 3 is 2.90 bits per heavy atom. The van der Waals surface area contributed by atoms with Crippen LogP contribution in [0.4, 0.5) is 0 Å². The average Bonchev–Trinajstić information content (AvgIpc) is 2.31. The van der Waals surface area contributed by atoms with Crippen LogP contribution in [0.3, 0.4) is 0 Å². The van der Waals surface area contributed by atoms with E-state index < -0.39 is 0 Å². The van der Waals surface area contributed by atoms with Crippen molar-refractivity contribution in [2.24, 2.45) is 0 Å². The molecule has 1 heterocycles. The van der Waals surface area contributed by atoms with Crippen LogP contribution in [0.1, 0.15) is 19.8 Å². The van der Waals surface area contributed by atoms with Gasteiger partial charge in [0, 0.05) is 26.9 Å². The van der Waals surface area contributed by atoms with Gasteiger partial charge in [-0.05, 0) is 0 Å². The molecule has 0 atom stereocenters. The summed E-state index contributed by atoms with van der Waals surface area (Å²) in [7, 11) is 1.76. The van der Waals surface area contributed by atoms with Crippen molar-refractivity contribution in [1.29, 1.82) is 0 Å². The summed E-state index contributed by atoms with van der Waals surface area (Å²) in [6, 6.07) is 0. The van der Waals surface area contributed by atoms with E-state index in [2.05, 4.69) is 11.5 Å². The Hall–Kier alpha value is -0.370. The second kappa shape index (κ2) is 3.71. The van der Waals surface area contributed by atoms with E-state index in [1.807, 2.05) is 0 Å². The van der Waals surface area contributed by atoms with Crippen LogP contribution in [0, 0.1) is 0 Å². The number of rotatable bonds is 3. The Kier molecular flexibility index (Phi) is 2.87. The van der Waals surface area contributed by atoms with E-state index in [0.717, 1.165) is 13.2 Å². The minimum absolute atomic E-state index is 0.858. The fourth-order valence-corrected chi connectivity index (χ4v) is 1.38. The summed E-state index contributed by atoms with van der Waals surface area (Å²) >= 11 is 0. The molecule has 0 aromatic carbocycles. The van der Waals surface area contributed by atoms with Gasteiger partial charge in [0.25, 0.3) is 0 Å². The summed E-state index contributed by atoms with van der Waals surface area (Å²) in [6.07, 6.45) is 2.61. The van der Waals surface area contributed by atoms with Crippen molar-refractivity contribution < 1.29 is 9.31 Å². The molecule has 1 rings (SSSR count). The predicted octanol–water partition coefficient (Wildman–Crippen LogP) is 0.900. The Labute approximate surface area is 62.5 Å². The zero-order valence-corrected chi connectivity index (χ0v) is 6.89. The van der Waals surface area contributed by atoms with Crippen LogP contribution in [0.15, 0.2) is 0 Å². The molecule has 0 aliphatic carbocycles. The molecule has 0 amide bonds. The van der Waals surface area contributed by atoms with Gasteiger partial charge < -0.3 is 4.74 Å². The average molecular weight is 142 g/mol. The van der Waals surface area contributed by atoms with Gasteiger partial charge in [0.1, 0.15) is 18.9 Å². The van der Waals surface area contributed by atoms with Gasteiger partial charge in [-0.25, -0.2) is 4.58 Å². The second-order valence-corrected chi connectivity index (χ2v) is 2.82. The topological polar surface area (TPSA) is 12.2 Å². The molecule has 0 unspecified atom stereocenters. The maximum atomic E-state index is 5.00. The molecule has 0 saturated heterocycles. The van der Waals surface area contributed by atoms with E-state index in [9.17, 15) is 0 Å². The first-order valence-electron chi connectivity index (χ1n) is 3.91. The van der Waals surface area contributed by atoms with Gasteiger partial charge in [-0.2, -0.15) is 0 Å². The molecule has 1 aliphatic rings. The van der Waals surface area contributed by atoms with E-state index in [-0.39, 0.29) is 0 Å².